The Hall–Kier alpha value is -2.24. The number of rotatable bonds is 2. The monoisotopic (exact) mass is 333 g/mol. The number of hydrogen-bond acceptors (Lipinski definition) is 5. The van der Waals surface area contributed by atoms with E-state index in [-0.39, 0.29) is 11.8 Å². The van der Waals surface area contributed by atoms with Crippen LogP contribution in [-0.2, 0) is 5.54 Å². The van der Waals surface area contributed by atoms with Gasteiger partial charge in [0.15, 0.2) is 5.54 Å². The van der Waals surface area contributed by atoms with Crippen LogP contribution in [0.25, 0.3) is 0 Å². The maximum Gasteiger partial charge on any atom is 0.239 e. The standard InChI is InChI=1S/C15H13Cl2N5/c16-10-6-7-11(12(17)8-10)15(9-4-2-1-3-5-9)13(18)20-14(19)21-22-15/h1-8,22H,(H4,18,19,20,21). The van der Waals surface area contributed by atoms with Crippen molar-refractivity contribution in [1.29, 1.82) is 0 Å². The maximum absolute atomic E-state index is 6.39. The third kappa shape index (κ3) is 2.28. The molecule has 0 fully saturated rings. The van der Waals surface area contributed by atoms with E-state index in [1.165, 1.54) is 0 Å². The molecule has 2 aromatic rings. The minimum atomic E-state index is -0.994. The molecule has 5 N–H and O–H groups in total. The molecule has 3 rings (SSSR count). The van der Waals surface area contributed by atoms with E-state index in [1.807, 2.05) is 30.3 Å². The fourth-order valence-corrected chi connectivity index (χ4v) is 3.03. The minimum absolute atomic E-state index is 0.0640. The Kier molecular flexibility index (Phi) is 3.68. The van der Waals surface area contributed by atoms with E-state index >= 15 is 0 Å². The summed E-state index contributed by atoms with van der Waals surface area (Å²) in [6, 6.07) is 14.7. The van der Waals surface area contributed by atoms with Crippen LogP contribution < -0.4 is 16.9 Å². The molecular weight excluding hydrogens is 321 g/mol. The highest BCUT2D eigenvalue weighted by Gasteiger charge is 2.42. The summed E-state index contributed by atoms with van der Waals surface area (Å²) >= 11 is 12.4. The molecule has 5 nitrogen and oxygen atoms in total. The van der Waals surface area contributed by atoms with Gasteiger partial charge in [0.25, 0.3) is 0 Å². The van der Waals surface area contributed by atoms with Crippen LogP contribution in [0.5, 0.6) is 0 Å². The van der Waals surface area contributed by atoms with Crippen molar-refractivity contribution in [3.8, 4) is 0 Å². The Morgan fingerprint density at radius 3 is 2.36 bits per heavy atom. The average Bonchev–Trinajstić information content (AvgIpc) is 2.50. The number of nitrogens with one attached hydrogen (secondary N) is 1. The molecule has 7 heteroatoms. The lowest BCUT2D eigenvalue weighted by atomic mass is 9.82. The second-order valence-corrected chi connectivity index (χ2v) is 5.66. The summed E-state index contributed by atoms with van der Waals surface area (Å²) in [5, 5.41) is 5.03. The molecular formula is C15H13Cl2N5. The van der Waals surface area contributed by atoms with E-state index < -0.39 is 5.54 Å². The summed E-state index contributed by atoms with van der Waals surface area (Å²) in [5.41, 5.74) is 15.4. The first kappa shape index (κ1) is 14.7. The number of nitrogens with two attached hydrogens (primary N) is 2. The highest BCUT2D eigenvalue weighted by Crippen LogP contribution is 2.37. The Bertz CT molecular complexity index is 773. The number of halogens is 2. The van der Waals surface area contributed by atoms with Gasteiger partial charge in [-0.3, -0.25) is 5.43 Å². The number of hydrazone groups is 1. The van der Waals surface area contributed by atoms with Crippen molar-refractivity contribution < 1.29 is 0 Å². The van der Waals surface area contributed by atoms with Crippen molar-refractivity contribution in [2.24, 2.45) is 21.6 Å². The molecule has 0 aromatic heterocycles. The van der Waals surface area contributed by atoms with Crippen molar-refractivity contribution >= 4 is 35.0 Å². The Morgan fingerprint density at radius 1 is 1.00 bits per heavy atom. The molecule has 1 heterocycles. The minimum Gasteiger partial charge on any atom is -0.384 e. The van der Waals surface area contributed by atoms with Crippen LogP contribution in [0, 0.1) is 0 Å². The Balaban J connectivity index is 2.28. The first-order valence-corrected chi connectivity index (χ1v) is 7.25. The molecule has 0 aliphatic carbocycles. The topological polar surface area (TPSA) is 88.8 Å². The molecule has 0 saturated heterocycles. The first-order valence-electron chi connectivity index (χ1n) is 6.50. The molecule has 0 amide bonds. The van der Waals surface area contributed by atoms with Gasteiger partial charge in [0.2, 0.25) is 5.96 Å². The van der Waals surface area contributed by atoms with Gasteiger partial charge in [-0.25, -0.2) is 0 Å². The normalized spacial score (nSPS) is 20.8. The van der Waals surface area contributed by atoms with Gasteiger partial charge in [-0.15, -0.1) is 5.10 Å². The van der Waals surface area contributed by atoms with E-state index in [9.17, 15) is 0 Å². The first-order chi connectivity index (χ1) is 10.5. The van der Waals surface area contributed by atoms with Crippen LogP contribution >= 0.6 is 23.2 Å². The molecule has 0 radical (unpaired) electrons. The molecule has 1 atom stereocenters. The van der Waals surface area contributed by atoms with Gasteiger partial charge >= 0.3 is 0 Å². The van der Waals surface area contributed by atoms with E-state index in [1.54, 1.807) is 18.2 Å². The predicted octanol–water partition coefficient (Wildman–Crippen LogP) is 2.43. The lowest BCUT2D eigenvalue weighted by molar-refractivity contribution is 0.530. The number of nitrogens with zero attached hydrogens (tertiary/aromatic N) is 2. The average molecular weight is 334 g/mol. The molecule has 0 saturated carbocycles. The highest BCUT2D eigenvalue weighted by atomic mass is 35.5. The molecule has 1 aliphatic rings. The number of aliphatic imine (C=N–C) groups is 1. The van der Waals surface area contributed by atoms with Gasteiger partial charge in [0, 0.05) is 15.6 Å². The fourth-order valence-electron chi connectivity index (χ4n) is 2.48. The predicted molar refractivity (Wildman–Crippen MR) is 90.1 cm³/mol. The second kappa shape index (κ2) is 5.51. The van der Waals surface area contributed by atoms with E-state index in [2.05, 4.69) is 15.5 Å². The molecule has 0 spiro atoms. The van der Waals surface area contributed by atoms with Crippen LogP contribution in [0.3, 0.4) is 0 Å². The van der Waals surface area contributed by atoms with Crippen LogP contribution in [0.2, 0.25) is 10.0 Å². The smallest absolute Gasteiger partial charge is 0.239 e. The van der Waals surface area contributed by atoms with Crippen molar-refractivity contribution in [1.82, 2.24) is 5.43 Å². The number of amidine groups is 1. The van der Waals surface area contributed by atoms with Gasteiger partial charge in [0.1, 0.15) is 5.84 Å². The Morgan fingerprint density at radius 2 is 1.73 bits per heavy atom. The molecule has 112 valence electrons. The summed E-state index contributed by atoms with van der Waals surface area (Å²) in [6.07, 6.45) is 0. The van der Waals surface area contributed by atoms with Crippen LogP contribution in [0.1, 0.15) is 11.1 Å². The zero-order valence-electron chi connectivity index (χ0n) is 11.4. The molecule has 1 unspecified atom stereocenters. The summed E-state index contributed by atoms with van der Waals surface area (Å²) in [7, 11) is 0. The maximum atomic E-state index is 6.39. The van der Waals surface area contributed by atoms with Gasteiger partial charge in [-0.05, 0) is 17.7 Å². The van der Waals surface area contributed by atoms with Crippen molar-refractivity contribution in [3.63, 3.8) is 0 Å². The second-order valence-electron chi connectivity index (χ2n) is 4.82. The largest absolute Gasteiger partial charge is 0.384 e. The van der Waals surface area contributed by atoms with Crippen LogP contribution in [0.4, 0.5) is 0 Å². The van der Waals surface area contributed by atoms with Gasteiger partial charge in [0.05, 0.1) is 0 Å². The van der Waals surface area contributed by atoms with Crippen molar-refractivity contribution in [2.75, 3.05) is 0 Å². The number of hydrogen-bond donors (Lipinski definition) is 3. The van der Waals surface area contributed by atoms with E-state index in [0.29, 0.717) is 15.6 Å². The number of benzene rings is 2. The lowest BCUT2D eigenvalue weighted by Crippen LogP contribution is -2.55. The fraction of sp³-hybridized carbons (Fsp3) is 0.0667. The highest BCUT2D eigenvalue weighted by molar-refractivity contribution is 6.35. The Labute approximate surface area is 137 Å². The van der Waals surface area contributed by atoms with Crippen molar-refractivity contribution in [2.45, 2.75) is 5.54 Å². The summed E-state index contributed by atoms with van der Waals surface area (Å²) < 4.78 is 0. The van der Waals surface area contributed by atoms with E-state index in [0.717, 1.165) is 5.56 Å². The summed E-state index contributed by atoms with van der Waals surface area (Å²) in [6.45, 7) is 0. The molecule has 2 aromatic carbocycles. The zero-order valence-corrected chi connectivity index (χ0v) is 12.9. The summed E-state index contributed by atoms with van der Waals surface area (Å²) in [4.78, 5) is 4.12. The lowest BCUT2D eigenvalue weighted by Gasteiger charge is -2.36. The van der Waals surface area contributed by atoms with Crippen molar-refractivity contribution in [3.05, 3.63) is 69.7 Å². The molecule has 0 bridgehead atoms. The van der Waals surface area contributed by atoms with Crippen LogP contribution in [-0.4, -0.2) is 11.8 Å². The van der Waals surface area contributed by atoms with E-state index in [4.69, 9.17) is 34.7 Å². The van der Waals surface area contributed by atoms with Gasteiger partial charge < -0.3 is 11.5 Å². The third-order valence-electron chi connectivity index (χ3n) is 3.50. The third-order valence-corrected chi connectivity index (χ3v) is 4.05. The molecule has 22 heavy (non-hydrogen) atoms. The van der Waals surface area contributed by atoms with Gasteiger partial charge in [-0.2, -0.15) is 4.99 Å². The zero-order chi connectivity index (χ0) is 15.7. The number of guanidine groups is 1. The van der Waals surface area contributed by atoms with Crippen LogP contribution in [0.15, 0.2) is 58.6 Å². The SMILES string of the molecule is NC1=NNC(c2ccccc2)(c2ccc(Cl)cc2Cl)C(N)=N1. The van der Waals surface area contributed by atoms with Gasteiger partial charge in [-0.1, -0.05) is 59.6 Å². The quantitative estimate of drug-likeness (QED) is 0.788. The molecule has 1 aliphatic heterocycles. The summed E-state index contributed by atoms with van der Waals surface area (Å²) in [5.74, 6) is 0.324.